The minimum atomic E-state index is -0.477. The third-order valence-corrected chi connectivity index (χ3v) is 5.55. The van der Waals surface area contributed by atoms with Crippen LogP contribution in [0.25, 0.3) is 0 Å². The van der Waals surface area contributed by atoms with Crippen molar-refractivity contribution in [3.05, 3.63) is 28.8 Å². The number of rotatable bonds is 2. The maximum Gasteiger partial charge on any atom is 0.528 e. The van der Waals surface area contributed by atoms with Gasteiger partial charge in [-0.2, -0.15) is 16.6 Å². The van der Waals surface area contributed by atoms with Crippen LogP contribution in [-0.2, 0) is 9.53 Å². The van der Waals surface area contributed by atoms with Gasteiger partial charge in [0.05, 0.1) is 14.0 Å². The van der Waals surface area contributed by atoms with Gasteiger partial charge in [-0.25, -0.2) is 4.79 Å². The summed E-state index contributed by atoms with van der Waals surface area (Å²) in [6.07, 6.45) is 0.363. The molecule has 0 radical (unpaired) electrons. The number of quaternary nitrogens is 1. The van der Waals surface area contributed by atoms with Gasteiger partial charge in [0.1, 0.15) is 6.04 Å². The molecule has 120 valence electrons. The first kappa shape index (κ1) is 17.0. The molecule has 0 aromatic heterocycles. The van der Waals surface area contributed by atoms with Crippen molar-refractivity contribution in [3.8, 4) is 0 Å². The number of carbonyl (C=O) groups excluding carboxylic acids is 2. The molecule has 1 aromatic carbocycles. The smallest absolute Gasteiger partial charge is 0.423 e. The zero-order valence-corrected chi connectivity index (χ0v) is 14.8. The van der Waals surface area contributed by atoms with Crippen molar-refractivity contribution in [1.82, 2.24) is 4.48 Å². The second-order valence-electron chi connectivity index (χ2n) is 5.98. The molecular weight excluding hydrogens is 298 g/mol. The third-order valence-electron chi connectivity index (χ3n) is 4.40. The molecule has 1 aliphatic heterocycles. The number of ether oxygens (including phenoxy) is 1. The molecule has 1 heterocycles. The Balaban J connectivity index is 2.78. The van der Waals surface area contributed by atoms with Gasteiger partial charge in [0.15, 0.2) is 5.69 Å². The van der Waals surface area contributed by atoms with Crippen LogP contribution in [0.5, 0.6) is 0 Å². The number of imide groups is 1. The van der Waals surface area contributed by atoms with Crippen LogP contribution in [0, 0.1) is 20.8 Å². The summed E-state index contributed by atoms with van der Waals surface area (Å²) in [4.78, 5) is 25.5. The van der Waals surface area contributed by atoms with Crippen molar-refractivity contribution >= 4 is 29.4 Å². The fourth-order valence-corrected chi connectivity index (χ4v) is 4.93. The molecule has 1 aliphatic rings. The van der Waals surface area contributed by atoms with Gasteiger partial charge in [-0.15, -0.1) is 4.48 Å². The van der Waals surface area contributed by atoms with E-state index in [1.165, 1.54) is 14.0 Å². The van der Waals surface area contributed by atoms with Gasteiger partial charge in [0.2, 0.25) is 0 Å². The highest BCUT2D eigenvalue weighted by atomic mass is 32.2. The quantitative estimate of drug-likeness (QED) is 0.778. The van der Waals surface area contributed by atoms with Crippen molar-refractivity contribution in [2.75, 3.05) is 18.6 Å². The van der Waals surface area contributed by atoms with Crippen molar-refractivity contribution in [3.63, 3.8) is 0 Å². The summed E-state index contributed by atoms with van der Waals surface area (Å²) in [5.74, 6) is 1.59. The van der Waals surface area contributed by atoms with E-state index in [4.69, 9.17) is 4.74 Å². The summed E-state index contributed by atoms with van der Waals surface area (Å²) in [5, 5.41) is 0. The van der Waals surface area contributed by atoms with Gasteiger partial charge in [-0.05, 0) is 26.5 Å². The zero-order valence-electron chi connectivity index (χ0n) is 13.9. The van der Waals surface area contributed by atoms with Crippen LogP contribution >= 0.6 is 11.8 Å². The molecular formula is C17H24NO3S+. The van der Waals surface area contributed by atoms with Gasteiger partial charge in [0, 0.05) is 23.3 Å². The van der Waals surface area contributed by atoms with Gasteiger partial charge in [-0.1, -0.05) is 17.7 Å². The molecule has 5 heteroatoms. The predicted molar refractivity (Wildman–Crippen MR) is 91.3 cm³/mol. The van der Waals surface area contributed by atoms with E-state index >= 15 is 0 Å². The Labute approximate surface area is 136 Å². The van der Waals surface area contributed by atoms with Crippen LogP contribution < -0.4 is 4.48 Å². The molecule has 0 bridgehead atoms. The molecule has 0 N–H and O–H groups in total. The minimum absolute atomic E-state index is 0.0601. The first-order valence-electron chi connectivity index (χ1n) is 7.50. The molecule has 2 atom stereocenters. The molecule has 2 amide bonds. The van der Waals surface area contributed by atoms with Crippen LogP contribution in [0.1, 0.15) is 30.0 Å². The van der Waals surface area contributed by atoms with E-state index in [-0.39, 0.29) is 16.4 Å². The molecule has 4 nitrogen and oxygen atoms in total. The molecule has 1 fully saturated rings. The normalized spacial score (nSPS) is 20.5. The minimum Gasteiger partial charge on any atom is -0.423 e. The van der Waals surface area contributed by atoms with Crippen molar-refractivity contribution < 1.29 is 14.3 Å². The predicted octanol–water partition coefficient (Wildman–Crippen LogP) is 3.74. The lowest BCUT2D eigenvalue weighted by molar-refractivity contribution is -0.127. The average Bonchev–Trinajstić information content (AvgIpc) is 2.95. The average molecular weight is 322 g/mol. The third kappa shape index (κ3) is 2.57. The van der Waals surface area contributed by atoms with Crippen LogP contribution in [0.15, 0.2) is 12.1 Å². The Bertz CT molecular complexity index is 585. The standard InChI is InChI=1S/C17H24NO3S/c1-11-8-12(2)16(13(3)9-11)18(14(4)19,17(20)21-5)15-6-7-22-10-15/h8-9,15H,6-7,10H2,1-5H3/q+1. The summed E-state index contributed by atoms with van der Waals surface area (Å²) in [6.45, 7) is 7.46. The van der Waals surface area contributed by atoms with Gasteiger partial charge >= 0.3 is 12.0 Å². The highest BCUT2D eigenvalue weighted by Crippen LogP contribution is 2.40. The second-order valence-corrected chi connectivity index (χ2v) is 7.13. The Morgan fingerprint density at radius 3 is 2.23 bits per heavy atom. The highest BCUT2D eigenvalue weighted by Gasteiger charge is 2.55. The number of hydrogen-bond donors (Lipinski definition) is 0. The fraction of sp³-hybridized carbons (Fsp3) is 0.529. The molecule has 0 saturated carbocycles. The van der Waals surface area contributed by atoms with E-state index in [0.29, 0.717) is 0 Å². The topological polar surface area (TPSA) is 43.4 Å². The first-order valence-corrected chi connectivity index (χ1v) is 8.65. The van der Waals surface area contributed by atoms with Crippen LogP contribution in [-0.4, -0.2) is 36.7 Å². The van der Waals surface area contributed by atoms with E-state index in [9.17, 15) is 9.59 Å². The van der Waals surface area contributed by atoms with E-state index in [1.54, 1.807) is 11.8 Å². The molecule has 0 aliphatic carbocycles. The maximum atomic E-state index is 12.8. The highest BCUT2D eigenvalue weighted by molar-refractivity contribution is 7.99. The molecule has 1 saturated heterocycles. The van der Waals surface area contributed by atoms with E-state index in [0.717, 1.165) is 40.3 Å². The molecule has 2 unspecified atom stereocenters. The lowest BCUT2D eigenvalue weighted by Crippen LogP contribution is -2.64. The monoisotopic (exact) mass is 322 g/mol. The molecule has 0 spiro atoms. The van der Waals surface area contributed by atoms with Gasteiger partial charge in [-0.3, -0.25) is 0 Å². The molecule has 22 heavy (non-hydrogen) atoms. The summed E-state index contributed by atoms with van der Waals surface area (Å²) in [5.41, 5.74) is 3.86. The van der Waals surface area contributed by atoms with Crippen LogP contribution in [0.4, 0.5) is 10.5 Å². The number of benzene rings is 1. The number of methoxy groups -OCH3 is 1. The Hall–Kier alpha value is -1.33. The Kier molecular flexibility index (Phi) is 4.97. The fourth-order valence-electron chi connectivity index (χ4n) is 3.67. The van der Waals surface area contributed by atoms with E-state index < -0.39 is 6.09 Å². The van der Waals surface area contributed by atoms with Gasteiger partial charge in [0.25, 0.3) is 0 Å². The Morgan fingerprint density at radius 1 is 1.23 bits per heavy atom. The number of hydrogen-bond acceptors (Lipinski definition) is 4. The van der Waals surface area contributed by atoms with Crippen LogP contribution in [0.2, 0.25) is 0 Å². The van der Waals surface area contributed by atoms with Crippen LogP contribution in [0.3, 0.4) is 0 Å². The number of nitrogens with zero attached hydrogens (tertiary/aromatic N) is 1. The Morgan fingerprint density at radius 2 is 1.82 bits per heavy atom. The summed E-state index contributed by atoms with van der Waals surface area (Å²) < 4.78 is 4.77. The number of amides is 2. The van der Waals surface area contributed by atoms with E-state index in [1.807, 2.05) is 32.9 Å². The number of thioether (sulfide) groups is 1. The second kappa shape index (κ2) is 6.42. The largest absolute Gasteiger partial charge is 0.528 e. The SMILES string of the molecule is COC(=O)[N+](C(C)=O)(c1c(C)cc(C)cc1C)C1CCSC1. The maximum absolute atomic E-state index is 12.8. The summed E-state index contributed by atoms with van der Waals surface area (Å²) in [7, 11) is 1.36. The van der Waals surface area contributed by atoms with E-state index in [2.05, 4.69) is 0 Å². The summed E-state index contributed by atoms with van der Waals surface area (Å²) in [6, 6.07) is 4.00. The zero-order chi connectivity index (χ0) is 16.5. The summed E-state index contributed by atoms with van der Waals surface area (Å²) >= 11 is 1.79. The van der Waals surface area contributed by atoms with Crippen molar-refractivity contribution in [1.29, 1.82) is 0 Å². The van der Waals surface area contributed by atoms with Crippen molar-refractivity contribution in [2.24, 2.45) is 0 Å². The number of aryl methyl sites for hydroxylation is 3. The lowest BCUT2D eigenvalue weighted by atomic mass is 9.99. The van der Waals surface area contributed by atoms with Crippen molar-refractivity contribution in [2.45, 2.75) is 40.2 Å². The molecule has 2 rings (SSSR count). The number of carbonyl (C=O) groups is 2. The lowest BCUT2D eigenvalue weighted by Gasteiger charge is -2.37. The van der Waals surface area contributed by atoms with Gasteiger partial charge < -0.3 is 4.74 Å². The molecule has 1 aromatic rings. The first-order chi connectivity index (χ1) is 10.4.